The van der Waals surface area contributed by atoms with Crippen molar-refractivity contribution in [3.05, 3.63) is 48.1 Å². The van der Waals surface area contributed by atoms with Crippen LogP contribution in [-0.4, -0.2) is 49.5 Å². The molecule has 0 aliphatic heterocycles. The first-order valence-electron chi connectivity index (χ1n) is 11.0. The number of aliphatic hydroxyl groups is 1. The molecule has 0 heterocycles. The SMILES string of the molecule is CCCC/C=C(/C)C(O)C(C)C(C/C=C/C=C/C=C/C(CC(=O)NC)OC)OC(C)=O. The molecular formula is C25H41NO5. The quantitative estimate of drug-likeness (QED) is 0.174. The molecule has 0 aliphatic carbocycles. The summed E-state index contributed by atoms with van der Waals surface area (Å²) in [6.07, 6.45) is 15.7. The van der Waals surface area contributed by atoms with Gasteiger partial charge in [0.2, 0.25) is 5.91 Å². The zero-order chi connectivity index (χ0) is 23.6. The molecule has 0 bridgehead atoms. The van der Waals surface area contributed by atoms with Crippen molar-refractivity contribution in [1.29, 1.82) is 0 Å². The number of nitrogens with one attached hydrogen (secondary N) is 1. The van der Waals surface area contributed by atoms with Crippen LogP contribution in [0.4, 0.5) is 0 Å². The number of methoxy groups -OCH3 is 1. The Kier molecular flexibility index (Phi) is 16.3. The Hall–Kier alpha value is -2.18. The third kappa shape index (κ3) is 13.7. The summed E-state index contributed by atoms with van der Waals surface area (Å²) in [5.74, 6) is -0.656. The minimum absolute atomic E-state index is 0.0800. The van der Waals surface area contributed by atoms with Crippen LogP contribution >= 0.6 is 0 Å². The first kappa shape index (κ1) is 28.8. The van der Waals surface area contributed by atoms with E-state index in [0.29, 0.717) is 6.42 Å². The summed E-state index contributed by atoms with van der Waals surface area (Å²) in [7, 11) is 3.16. The van der Waals surface area contributed by atoms with E-state index in [9.17, 15) is 14.7 Å². The van der Waals surface area contributed by atoms with Crippen LogP contribution in [0.3, 0.4) is 0 Å². The van der Waals surface area contributed by atoms with Gasteiger partial charge in [-0.15, -0.1) is 0 Å². The third-order valence-electron chi connectivity index (χ3n) is 5.02. The van der Waals surface area contributed by atoms with Crippen molar-refractivity contribution in [2.24, 2.45) is 5.92 Å². The van der Waals surface area contributed by atoms with Crippen LogP contribution in [0.2, 0.25) is 0 Å². The highest BCUT2D eigenvalue weighted by Crippen LogP contribution is 2.22. The summed E-state index contributed by atoms with van der Waals surface area (Å²) in [6, 6.07) is 0. The van der Waals surface area contributed by atoms with Crippen LogP contribution < -0.4 is 5.32 Å². The summed E-state index contributed by atoms with van der Waals surface area (Å²) in [5, 5.41) is 13.2. The maximum atomic E-state index is 11.5. The lowest BCUT2D eigenvalue weighted by molar-refractivity contribution is -0.150. The number of hydrogen-bond donors (Lipinski definition) is 2. The highest BCUT2D eigenvalue weighted by Gasteiger charge is 2.26. The van der Waals surface area contributed by atoms with E-state index < -0.39 is 12.2 Å². The van der Waals surface area contributed by atoms with Gasteiger partial charge in [0.25, 0.3) is 0 Å². The van der Waals surface area contributed by atoms with E-state index in [0.717, 1.165) is 24.8 Å². The molecular weight excluding hydrogens is 394 g/mol. The fourth-order valence-corrected chi connectivity index (χ4v) is 2.98. The molecule has 0 fully saturated rings. The lowest BCUT2D eigenvalue weighted by Crippen LogP contribution is -2.33. The van der Waals surface area contributed by atoms with E-state index in [1.165, 1.54) is 6.92 Å². The summed E-state index contributed by atoms with van der Waals surface area (Å²) < 4.78 is 10.7. The van der Waals surface area contributed by atoms with Gasteiger partial charge in [0.15, 0.2) is 0 Å². The Morgan fingerprint density at radius 3 is 2.39 bits per heavy atom. The molecule has 0 aliphatic rings. The van der Waals surface area contributed by atoms with Crippen LogP contribution in [-0.2, 0) is 19.1 Å². The predicted molar refractivity (Wildman–Crippen MR) is 126 cm³/mol. The van der Waals surface area contributed by atoms with Crippen LogP contribution in [0.5, 0.6) is 0 Å². The number of esters is 1. The molecule has 1 amide bonds. The Morgan fingerprint density at radius 2 is 1.81 bits per heavy atom. The number of amides is 1. The fourth-order valence-electron chi connectivity index (χ4n) is 2.98. The van der Waals surface area contributed by atoms with Gasteiger partial charge < -0.3 is 19.9 Å². The van der Waals surface area contributed by atoms with E-state index in [1.54, 1.807) is 14.2 Å². The Bertz CT molecular complexity index is 636. The number of allylic oxidation sites excluding steroid dienone is 5. The van der Waals surface area contributed by atoms with E-state index >= 15 is 0 Å². The van der Waals surface area contributed by atoms with Crippen molar-refractivity contribution in [2.75, 3.05) is 14.2 Å². The lowest BCUT2D eigenvalue weighted by atomic mass is 9.90. The molecule has 0 rings (SSSR count). The average Bonchev–Trinajstić information content (AvgIpc) is 2.75. The maximum Gasteiger partial charge on any atom is 0.302 e. The predicted octanol–water partition coefficient (Wildman–Crippen LogP) is 4.26. The first-order chi connectivity index (χ1) is 14.8. The van der Waals surface area contributed by atoms with Gasteiger partial charge >= 0.3 is 5.97 Å². The summed E-state index contributed by atoms with van der Waals surface area (Å²) in [6.45, 7) is 7.34. The molecule has 6 heteroatoms. The van der Waals surface area contributed by atoms with Crippen molar-refractivity contribution < 1.29 is 24.2 Å². The van der Waals surface area contributed by atoms with Gasteiger partial charge in [0.1, 0.15) is 6.10 Å². The van der Waals surface area contributed by atoms with E-state index in [1.807, 2.05) is 50.3 Å². The van der Waals surface area contributed by atoms with Crippen molar-refractivity contribution in [1.82, 2.24) is 5.32 Å². The fraction of sp³-hybridized carbons (Fsp3) is 0.600. The molecule has 31 heavy (non-hydrogen) atoms. The number of ether oxygens (including phenoxy) is 2. The molecule has 0 spiro atoms. The number of hydrogen-bond acceptors (Lipinski definition) is 5. The monoisotopic (exact) mass is 435 g/mol. The molecule has 0 saturated heterocycles. The van der Waals surface area contributed by atoms with Crippen LogP contribution in [0.25, 0.3) is 0 Å². The van der Waals surface area contributed by atoms with Crippen molar-refractivity contribution in [3.63, 3.8) is 0 Å². The average molecular weight is 436 g/mol. The van der Waals surface area contributed by atoms with Crippen molar-refractivity contribution >= 4 is 11.9 Å². The van der Waals surface area contributed by atoms with Gasteiger partial charge in [-0.05, 0) is 18.9 Å². The molecule has 4 atom stereocenters. The Morgan fingerprint density at radius 1 is 1.13 bits per heavy atom. The molecule has 0 aromatic heterocycles. The van der Waals surface area contributed by atoms with Gasteiger partial charge in [0.05, 0.1) is 18.6 Å². The number of carbonyl (C=O) groups is 2. The first-order valence-corrected chi connectivity index (χ1v) is 11.0. The second kappa shape index (κ2) is 17.5. The van der Waals surface area contributed by atoms with Gasteiger partial charge in [-0.1, -0.05) is 69.2 Å². The largest absolute Gasteiger partial charge is 0.462 e. The number of unbranched alkanes of at least 4 members (excludes halogenated alkanes) is 2. The molecule has 4 unspecified atom stereocenters. The van der Waals surface area contributed by atoms with Crippen LogP contribution in [0.15, 0.2) is 48.1 Å². The Balaban J connectivity index is 4.84. The molecule has 0 radical (unpaired) electrons. The van der Waals surface area contributed by atoms with Crippen molar-refractivity contribution in [2.45, 2.75) is 78.1 Å². The molecule has 0 aromatic carbocycles. The minimum atomic E-state index is -0.653. The molecule has 2 N–H and O–H groups in total. The normalized spacial score (nSPS) is 16.5. The highest BCUT2D eigenvalue weighted by molar-refractivity contribution is 5.76. The smallest absolute Gasteiger partial charge is 0.302 e. The van der Waals surface area contributed by atoms with E-state index in [-0.39, 0.29) is 30.3 Å². The number of rotatable bonds is 15. The molecule has 0 aromatic rings. The topological polar surface area (TPSA) is 84.9 Å². The minimum Gasteiger partial charge on any atom is -0.462 e. The van der Waals surface area contributed by atoms with Crippen LogP contribution in [0, 0.1) is 5.92 Å². The summed E-state index contributed by atoms with van der Waals surface area (Å²) >= 11 is 0. The van der Waals surface area contributed by atoms with Gasteiger partial charge in [-0.3, -0.25) is 9.59 Å². The molecule has 0 saturated carbocycles. The van der Waals surface area contributed by atoms with Gasteiger partial charge in [-0.2, -0.15) is 0 Å². The highest BCUT2D eigenvalue weighted by atomic mass is 16.5. The number of carbonyl (C=O) groups excluding carboxylic acids is 2. The number of aliphatic hydroxyl groups excluding tert-OH is 1. The standard InChI is InChI=1S/C25H41NO5/c1-7-8-12-15-19(2)25(29)20(3)23(31-21(4)27)17-14-11-9-10-13-16-22(30-6)18-24(28)26-5/h9-11,13-16,20,22-23,25,29H,7-8,12,17-18H2,1-6H3,(H,26,28)/b10-9+,14-11+,16-13+,19-15-. The second-order valence-electron chi connectivity index (χ2n) is 7.63. The van der Waals surface area contributed by atoms with Gasteiger partial charge in [0, 0.05) is 33.4 Å². The zero-order valence-electron chi connectivity index (χ0n) is 20.0. The molecule has 176 valence electrons. The zero-order valence-corrected chi connectivity index (χ0v) is 20.0. The Labute approximate surface area is 188 Å². The lowest BCUT2D eigenvalue weighted by Gasteiger charge is -2.27. The van der Waals surface area contributed by atoms with Gasteiger partial charge in [-0.25, -0.2) is 0 Å². The van der Waals surface area contributed by atoms with E-state index in [2.05, 4.69) is 18.3 Å². The second-order valence-corrected chi connectivity index (χ2v) is 7.63. The maximum absolute atomic E-state index is 11.5. The molecule has 6 nitrogen and oxygen atoms in total. The van der Waals surface area contributed by atoms with E-state index in [4.69, 9.17) is 9.47 Å². The summed E-state index contributed by atoms with van der Waals surface area (Å²) in [5.41, 5.74) is 0.913. The summed E-state index contributed by atoms with van der Waals surface area (Å²) in [4.78, 5) is 22.9. The third-order valence-corrected chi connectivity index (χ3v) is 5.02. The van der Waals surface area contributed by atoms with Crippen LogP contribution in [0.1, 0.15) is 59.8 Å². The van der Waals surface area contributed by atoms with Crippen molar-refractivity contribution in [3.8, 4) is 0 Å².